The first-order valence-corrected chi connectivity index (χ1v) is 12.8. The number of benzene rings is 1. The number of aliphatic hydroxyl groups excluding tert-OH is 1. The topological polar surface area (TPSA) is 142 Å². The summed E-state index contributed by atoms with van der Waals surface area (Å²) in [6, 6.07) is 3.46. The highest BCUT2D eigenvalue weighted by molar-refractivity contribution is 5.97. The van der Waals surface area contributed by atoms with E-state index in [0.717, 1.165) is 11.1 Å². The molecule has 0 spiro atoms. The van der Waals surface area contributed by atoms with E-state index >= 15 is 0 Å². The van der Waals surface area contributed by atoms with Crippen molar-refractivity contribution in [2.75, 3.05) is 33.9 Å². The zero-order valence-electron chi connectivity index (χ0n) is 23.9. The lowest BCUT2D eigenvalue weighted by atomic mass is 9.84. The summed E-state index contributed by atoms with van der Waals surface area (Å²) in [5.41, 5.74) is 3.08. The number of hydrogen-bond acceptors (Lipinski definition) is 9. The molecule has 0 saturated carbocycles. The third kappa shape index (κ3) is 6.39. The fraction of sp³-hybridized carbons (Fsp3) is 0.519. The number of nitrogens with one attached hydrogen (secondary N) is 1. The maximum atomic E-state index is 13.6. The average Bonchev–Trinajstić information content (AvgIpc) is 3.23. The molecular formula is C27H38N6O6. The first kappa shape index (κ1) is 29.6. The van der Waals surface area contributed by atoms with Crippen LogP contribution in [0, 0.1) is 13.8 Å². The number of rotatable bonds is 10. The van der Waals surface area contributed by atoms with Gasteiger partial charge in [0, 0.05) is 48.9 Å². The van der Waals surface area contributed by atoms with Crippen molar-refractivity contribution in [3.63, 3.8) is 0 Å². The number of carbonyl (C=O) groups excluding carboxylic acids is 2. The van der Waals surface area contributed by atoms with Gasteiger partial charge in [-0.3, -0.25) is 9.79 Å². The second kappa shape index (κ2) is 12.3. The van der Waals surface area contributed by atoms with Crippen molar-refractivity contribution in [2.45, 2.75) is 59.9 Å². The Morgan fingerprint density at radius 2 is 1.87 bits per heavy atom. The van der Waals surface area contributed by atoms with Crippen LogP contribution < -0.4 is 25.1 Å². The number of aromatic nitrogens is 4. The number of fused-ring (bicyclic) bond motifs is 1. The average molecular weight is 543 g/mol. The van der Waals surface area contributed by atoms with Crippen LogP contribution in [0.3, 0.4) is 0 Å². The van der Waals surface area contributed by atoms with Crippen molar-refractivity contribution in [3.8, 4) is 17.4 Å². The Morgan fingerprint density at radius 3 is 2.46 bits per heavy atom. The van der Waals surface area contributed by atoms with Gasteiger partial charge in [-0.2, -0.15) is 4.52 Å². The largest absolute Gasteiger partial charge is 0.493 e. The first-order chi connectivity index (χ1) is 18.5. The van der Waals surface area contributed by atoms with Gasteiger partial charge in [0.25, 0.3) is 0 Å². The number of nitrogens with zero attached hydrogens (tertiary/aromatic N) is 5. The maximum absolute atomic E-state index is 13.6. The van der Waals surface area contributed by atoms with E-state index in [4.69, 9.17) is 14.2 Å². The van der Waals surface area contributed by atoms with Gasteiger partial charge < -0.3 is 24.6 Å². The number of carbonyl (C=O) groups is 2. The van der Waals surface area contributed by atoms with E-state index in [0.29, 0.717) is 46.9 Å². The van der Waals surface area contributed by atoms with Gasteiger partial charge in [0.1, 0.15) is 6.54 Å². The number of aryl methyl sites for hydroxylation is 1. The summed E-state index contributed by atoms with van der Waals surface area (Å²) in [5.74, 6) is 0.891. The quantitative estimate of drug-likeness (QED) is 0.294. The Labute approximate surface area is 227 Å². The van der Waals surface area contributed by atoms with E-state index < -0.39 is 6.09 Å². The molecule has 2 N–H and O–H groups in total. The van der Waals surface area contributed by atoms with Gasteiger partial charge in [0.2, 0.25) is 11.5 Å². The number of methoxy groups -OCH3 is 1. The van der Waals surface area contributed by atoms with Gasteiger partial charge in [-0.05, 0) is 38.3 Å². The molecule has 0 radical (unpaired) electrons. The van der Waals surface area contributed by atoms with Crippen molar-refractivity contribution < 1.29 is 28.9 Å². The van der Waals surface area contributed by atoms with Crippen molar-refractivity contribution in [3.05, 3.63) is 40.0 Å². The van der Waals surface area contributed by atoms with E-state index in [1.807, 2.05) is 33.8 Å². The van der Waals surface area contributed by atoms with E-state index in [1.54, 1.807) is 34.1 Å². The molecule has 2 heterocycles. The lowest BCUT2D eigenvalue weighted by molar-refractivity contribution is 0.0965. The van der Waals surface area contributed by atoms with Crippen LogP contribution in [0.15, 0.2) is 17.1 Å². The zero-order valence-corrected chi connectivity index (χ0v) is 23.9. The van der Waals surface area contributed by atoms with E-state index in [9.17, 15) is 14.7 Å². The van der Waals surface area contributed by atoms with Crippen molar-refractivity contribution in [1.82, 2.24) is 24.7 Å². The number of amides is 1. The Hall–Kier alpha value is -3.93. The van der Waals surface area contributed by atoms with Crippen LogP contribution in [0.1, 0.15) is 61.2 Å². The number of aliphatic hydroxyl groups is 1. The molecule has 0 atom stereocenters. The highest BCUT2D eigenvalue weighted by Gasteiger charge is 2.26. The van der Waals surface area contributed by atoms with Crippen LogP contribution in [0.25, 0.3) is 5.65 Å². The maximum Gasteiger partial charge on any atom is 0.413 e. The van der Waals surface area contributed by atoms with Gasteiger partial charge in [-0.15, -0.1) is 10.2 Å². The number of ketones is 1. The summed E-state index contributed by atoms with van der Waals surface area (Å²) < 4.78 is 19.9. The normalized spacial score (nSPS) is 12.1. The Balaban J connectivity index is 2.07. The third-order valence-corrected chi connectivity index (χ3v) is 6.20. The Morgan fingerprint density at radius 1 is 1.15 bits per heavy atom. The molecule has 0 fully saturated rings. The molecule has 212 valence electrons. The molecular weight excluding hydrogens is 504 g/mol. The minimum absolute atomic E-state index is 0.0101. The Kier molecular flexibility index (Phi) is 9.33. The third-order valence-electron chi connectivity index (χ3n) is 6.20. The van der Waals surface area contributed by atoms with Crippen LogP contribution >= 0.6 is 0 Å². The minimum Gasteiger partial charge on any atom is -0.493 e. The molecule has 1 aromatic carbocycles. The highest BCUT2D eigenvalue weighted by Crippen LogP contribution is 2.40. The number of Topliss-reactive ketones (excluding diaryl/α,β-unsaturated/α-hetero) is 1. The van der Waals surface area contributed by atoms with Crippen LogP contribution in [-0.4, -0.2) is 70.3 Å². The van der Waals surface area contributed by atoms with E-state index in [2.05, 4.69) is 20.5 Å². The molecule has 0 aliphatic carbocycles. The molecule has 3 rings (SSSR count). The summed E-state index contributed by atoms with van der Waals surface area (Å²) in [4.78, 5) is 29.9. The van der Waals surface area contributed by atoms with Crippen molar-refractivity contribution in [1.29, 1.82) is 0 Å². The Bertz CT molecular complexity index is 1430. The summed E-state index contributed by atoms with van der Waals surface area (Å²) in [7, 11) is 3.14. The molecule has 12 heteroatoms. The van der Waals surface area contributed by atoms with Gasteiger partial charge in [-0.1, -0.05) is 20.8 Å². The standard InChI is InChI=1S/C27H38N6O6/c1-9-29-26(36)39-24-17(3)16(2)23-30-32(25(28-7)33(23)31-24)15-20(35)18-13-19(27(4,5)6)22(37-8)21(14-18)38-12-10-11-34/h13-14,34H,9-12,15H2,1-8H3,(H,29,36). The van der Waals surface area contributed by atoms with Gasteiger partial charge >= 0.3 is 6.09 Å². The summed E-state index contributed by atoms with van der Waals surface area (Å²) in [6.45, 7) is 12.1. The fourth-order valence-electron chi connectivity index (χ4n) is 4.02. The molecule has 12 nitrogen and oxygen atoms in total. The van der Waals surface area contributed by atoms with Crippen molar-refractivity contribution >= 4 is 17.5 Å². The summed E-state index contributed by atoms with van der Waals surface area (Å²) >= 11 is 0. The van der Waals surface area contributed by atoms with Gasteiger partial charge in [-0.25, -0.2) is 9.48 Å². The predicted molar refractivity (Wildman–Crippen MR) is 145 cm³/mol. The number of hydrogen-bond donors (Lipinski definition) is 2. The molecule has 39 heavy (non-hydrogen) atoms. The van der Waals surface area contributed by atoms with E-state index in [-0.39, 0.29) is 36.8 Å². The van der Waals surface area contributed by atoms with Crippen LogP contribution in [0.4, 0.5) is 4.79 Å². The van der Waals surface area contributed by atoms with Gasteiger partial charge in [0.05, 0.1) is 13.7 Å². The zero-order chi connectivity index (χ0) is 28.9. The van der Waals surface area contributed by atoms with Crippen LogP contribution in [0.5, 0.6) is 17.4 Å². The predicted octanol–water partition coefficient (Wildman–Crippen LogP) is 2.74. The monoisotopic (exact) mass is 542 g/mol. The van der Waals surface area contributed by atoms with Gasteiger partial charge in [0.15, 0.2) is 22.9 Å². The van der Waals surface area contributed by atoms with E-state index in [1.165, 1.54) is 9.20 Å². The smallest absolute Gasteiger partial charge is 0.413 e. The molecule has 0 aliphatic rings. The molecule has 0 bridgehead atoms. The van der Waals surface area contributed by atoms with Crippen molar-refractivity contribution in [2.24, 2.45) is 4.99 Å². The summed E-state index contributed by atoms with van der Waals surface area (Å²) in [5, 5.41) is 20.8. The molecule has 1 amide bonds. The summed E-state index contributed by atoms with van der Waals surface area (Å²) in [6.07, 6.45) is -0.168. The highest BCUT2D eigenvalue weighted by atomic mass is 16.6. The van der Waals surface area contributed by atoms with Crippen LogP contribution in [-0.2, 0) is 12.0 Å². The first-order valence-electron chi connectivity index (χ1n) is 12.8. The molecule has 3 aromatic rings. The van der Waals surface area contributed by atoms with Crippen LogP contribution in [0.2, 0.25) is 0 Å². The lowest BCUT2D eigenvalue weighted by Gasteiger charge is -2.25. The molecule has 2 aromatic heterocycles. The number of ether oxygens (including phenoxy) is 3. The molecule has 0 saturated heterocycles. The second-order valence-electron chi connectivity index (χ2n) is 10.0. The SMILES string of the molecule is CCNC(=O)Oc1nn2c(=NC)n(CC(=O)c3cc(OCCCO)c(OC)c(C(C)(C)C)c3)nc2c(C)c1C. The molecule has 0 unspecified atom stereocenters. The second-order valence-corrected chi connectivity index (χ2v) is 10.0. The fourth-order valence-corrected chi connectivity index (χ4v) is 4.02. The minimum atomic E-state index is -0.615. The lowest BCUT2D eigenvalue weighted by Crippen LogP contribution is -2.29. The molecule has 0 aliphatic heterocycles.